The van der Waals surface area contributed by atoms with Crippen molar-refractivity contribution in [2.45, 2.75) is 13.8 Å². The Bertz CT molecular complexity index is 1290. The van der Waals surface area contributed by atoms with Crippen LogP contribution >= 0.6 is 0 Å². The third-order valence-corrected chi connectivity index (χ3v) is 4.73. The molecule has 1 aromatic carbocycles. The van der Waals surface area contributed by atoms with Crippen LogP contribution < -0.4 is 11.2 Å². The summed E-state index contributed by atoms with van der Waals surface area (Å²) in [5, 5.41) is 0. The van der Waals surface area contributed by atoms with Crippen molar-refractivity contribution in [1.82, 2.24) is 23.1 Å². The van der Waals surface area contributed by atoms with E-state index in [1.54, 1.807) is 34.2 Å². The molecule has 0 bridgehead atoms. The number of imidazole rings is 2. The van der Waals surface area contributed by atoms with E-state index in [4.69, 9.17) is 0 Å². The zero-order valence-corrected chi connectivity index (χ0v) is 14.2. The van der Waals surface area contributed by atoms with Gasteiger partial charge < -0.3 is 0 Å². The number of fused-ring (bicyclic) bond motifs is 3. The van der Waals surface area contributed by atoms with Crippen LogP contribution in [0.5, 0.6) is 0 Å². The van der Waals surface area contributed by atoms with E-state index >= 15 is 0 Å². The zero-order valence-electron chi connectivity index (χ0n) is 14.2. The van der Waals surface area contributed by atoms with E-state index < -0.39 is 17.1 Å². The standard InChI is InChI=1S/C17H16FN5O2/c1-9-10(2)23-13-14(20(3)17(25)21(4)15(13)24)19-16(23)22(9)12-8-6-5-7-11(12)18/h5-8H,1-4H3. The minimum Gasteiger partial charge on any atom is -0.280 e. The van der Waals surface area contributed by atoms with Crippen LogP contribution in [0.15, 0.2) is 33.9 Å². The van der Waals surface area contributed by atoms with Gasteiger partial charge in [-0.15, -0.1) is 0 Å². The summed E-state index contributed by atoms with van der Waals surface area (Å²) in [5.74, 6) is 0.00495. The minimum absolute atomic E-state index is 0.274. The first-order chi connectivity index (χ1) is 11.8. The Labute approximate surface area is 141 Å². The highest BCUT2D eigenvalue weighted by atomic mass is 19.1. The molecule has 0 spiro atoms. The number of hydrogen-bond acceptors (Lipinski definition) is 3. The van der Waals surface area contributed by atoms with Gasteiger partial charge in [-0.2, -0.15) is 4.98 Å². The van der Waals surface area contributed by atoms with Gasteiger partial charge in [-0.25, -0.2) is 9.18 Å². The predicted molar refractivity (Wildman–Crippen MR) is 91.9 cm³/mol. The lowest BCUT2D eigenvalue weighted by Gasteiger charge is -2.07. The Hall–Kier alpha value is -3.16. The summed E-state index contributed by atoms with van der Waals surface area (Å²) >= 11 is 0. The molecule has 3 aromatic heterocycles. The molecule has 0 fully saturated rings. The first-order valence-corrected chi connectivity index (χ1v) is 7.75. The molecule has 0 saturated carbocycles. The van der Waals surface area contributed by atoms with Crippen LogP contribution in [-0.2, 0) is 14.1 Å². The fourth-order valence-electron chi connectivity index (χ4n) is 3.25. The van der Waals surface area contributed by atoms with Crippen LogP contribution in [0.1, 0.15) is 11.4 Å². The quantitative estimate of drug-likeness (QED) is 0.526. The Morgan fingerprint density at radius 1 is 1.00 bits per heavy atom. The number of benzene rings is 1. The number of hydrogen-bond donors (Lipinski definition) is 0. The van der Waals surface area contributed by atoms with Gasteiger partial charge in [0.25, 0.3) is 5.56 Å². The second-order valence-electron chi connectivity index (χ2n) is 6.08. The highest BCUT2D eigenvalue weighted by Crippen LogP contribution is 2.25. The molecular weight excluding hydrogens is 325 g/mol. The van der Waals surface area contributed by atoms with E-state index in [0.29, 0.717) is 17.0 Å². The molecule has 8 heteroatoms. The summed E-state index contributed by atoms with van der Waals surface area (Å²) in [6.07, 6.45) is 0. The molecule has 0 unspecified atom stereocenters. The number of aryl methyl sites for hydroxylation is 2. The van der Waals surface area contributed by atoms with Gasteiger partial charge in [-0.05, 0) is 26.0 Å². The number of aromatic nitrogens is 5. The Morgan fingerprint density at radius 2 is 1.68 bits per heavy atom. The van der Waals surface area contributed by atoms with Crippen LogP contribution in [0, 0.1) is 19.7 Å². The molecule has 4 rings (SSSR count). The van der Waals surface area contributed by atoms with Crippen molar-refractivity contribution in [2.24, 2.45) is 14.1 Å². The molecule has 0 aliphatic rings. The SMILES string of the molecule is Cc1c(C)n2c3c(=O)n(C)c(=O)n(C)c3nc2n1-c1ccccc1F. The summed E-state index contributed by atoms with van der Waals surface area (Å²) in [7, 11) is 2.99. The summed E-state index contributed by atoms with van der Waals surface area (Å²) in [6, 6.07) is 6.38. The number of para-hydroxylation sites is 1. The third kappa shape index (κ3) is 1.81. The molecule has 3 heterocycles. The molecule has 0 aliphatic heterocycles. The first kappa shape index (κ1) is 15.4. The van der Waals surface area contributed by atoms with Gasteiger partial charge in [0.05, 0.1) is 5.69 Å². The normalized spacial score (nSPS) is 11.7. The molecule has 4 aromatic rings. The van der Waals surface area contributed by atoms with Gasteiger partial charge in [0.2, 0.25) is 5.78 Å². The third-order valence-electron chi connectivity index (χ3n) is 4.73. The fourth-order valence-corrected chi connectivity index (χ4v) is 3.25. The molecule has 0 saturated heterocycles. The largest absolute Gasteiger partial charge is 0.332 e. The summed E-state index contributed by atoms with van der Waals surface area (Å²) in [4.78, 5) is 29.3. The van der Waals surface area contributed by atoms with Crippen LogP contribution in [0.2, 0.25) is 0 Å². The topological polar surface area (TPSA) is 66.2 Å². The van der Waals surface area contributed by atoms with Crippen molar-refractivity contribution in [1.29, 1.82) is 0 Å². The van der Waals surface area contributed by atoms with Crippen LogP contribution in [0.3, 0.4) is 0 Å². The molecule has 0 atom stereocenters. The zero-order chi connectivity index (χ0) is 18.0. The molecule has 0 amide bonds. The molecule has 0 radical (unpaired) electrons. The van der Waals surface area contributed by atoms with Gasteiger partial charge in [0.15, 0.2) is 11.2 Å². The van der Waals surface area contributed by atoms with Crippen LogP contribution in [-0.4, -0.2) is 23.1 Å². The molecule has 7 nitrogen and oxygen atoms in total. The molecular formula is C17H16FN5O2. The minimum atomic E-state index is -0.454. The lowest BCUT2D eigenvalue weighted by Crippen LogP contribution is -2.37. The van der Waals surface area contributed by atoms with Crippen molar-refractivity contribution in [3.8, 4) is 5.69 Å². The average Bonchev–Trinajstić information content (AvgIpc) is 3.09. The van der Waals surface area contributed by atoms with Crippen molar-refractivity contribution in [2.75, 3.05) is 0 Å². The lowest BCUT2D eigenvalue weighted by molar-refractivity contribution is 0.618. The maximum absolute atomic E-state index is 14.4. The summed E-state index contributed by atoms with van der Waals surface area (Å²) < 4.78 is 20.1. The molecule has 0 N–H and O–H groups in total. The first-order valence-electron chi connectivity index (χ1n) is 7.75. The van der Waals surface area contributed by atoms with Crippen molar-refractivity contribution >= 4 is 16.9 Å². The van der Waals surface area contributed by atoms with E-state index in [1.165, 1.54) is 17.7 Å². The Morgan fingerprint density at radius 3 is 2.36 bits per heavy atom. The average molecular weight is 341 g/mol. The molecule has 0 aliphatic carbocycles. The highest BCUT2D eigenvalue weighted by molar-refractivity contribution is 5.77. The van der Waals surface area contributed by atoms with Gasteiger partial charge >= 0.3 is 5.69 Å². The number of nitrogens with zero attached hydrogens (tertiary/aromatic N) is 5. The summed E-state index contributed by atoms with van der Waals surface area (Å²) in [6.45, 7) is 3.68. The number of rotatable bonds is 1. The fraction of sp³-hybridized carbons (Fsp3) is 0.235. The highest BCUT2D eigenvalue weighted by Gasteiger charge is 2.23. The smallest absolute Gasteiger partial charge is 0.280 e. The van der Waals surface area contributed by atoms with E-state index in [-0.39, 0.29) is 5.65 Å². The van der Waals surface area contributed by atoms with Gasteiger partial charge in [-0.1, -0.05) is 12.1 Å². The van der Waals surface area contributed by atoms with E-state index in [1.807, 2.05) is 13.8 Å². The maximum Gasteiger partial charge on any atom is 0.332 e. The van der Waals surface area contributed by atoms with Gasteiger partial charge in [0.1, 0.15) is 5.82 Å². The second-order valence-corrected chi connectivity index (χ2v) is 6.08. The monoisotopic (exact) mass is 341 g/mol. The van der Waals surface area contributed by atoms with E-state index in [0.717, 1.165) is 16.0 Å². The van der Waals surface area contributed by atoms with Gasteiger partial charge in [0, 0.05) is 25.5 Å². The van der Waals surface area contributed by atoms with Crippen molar-refractivity contribution < 1.29 is 4.39 Å². The maximum atomic E-state index is 14.4. The van der Waals surface area contributed by atoms with E-state index in [9.17, 15) is 14.0 Å². The molecule has 25 heavy (non-hydrogen) atoms. The second kappa shape index (κ2) is 4.92. The Balaban J connectivity index is 2.30. The van der Waals surface area contributed by atoms with Crippen molar-refractivity contribution in [3.63, 3.8) is 0 Å². The van der Waals surface area contributed by atoms with Crippen LogP contribution in [0.25, 0.3) is 22.6 Å². The predicted octanol–water partition coefficient (Wildman–Crippen LogP) is 1.43. The van der Waals surface area contributed by atoms with Crippen LogP contribution in [0.4, 0.5) is 4.39 Å². The molecule has 128 valence electrons. The summed E-state index contributed by atoms with van der Waals surface area (Å²) in [5.41, 5.74) is 1.56. The Kier molecular flexibility index (Phi) is 3.02. The van der Waals surface area contributed by atoms with Crippen molar-refractivity contribution in [3.05, 3.63) is 62.3 Å². The number of halogens is 1. The van der Waals surface area contributed by atoms with Gasteiger partial charge in [-0.3, -0.25) is 22.9 Å². The van der Waals surface area contributed by atoms with E-state index in [2.05, 4.69) is 4.98 Å². The lowest BCUT2D eigenvalue weighted by atomic mass is 10.3.